The third-order valence-corrected chi connectivity index (χ3v) is 36.7. The molecule has 0 radical (unpaired) electrons. The fraction of sp³-hybridized carbons (Fsp3) is 0.366. The van der Waals surface area contributed by atoms with Crippen molar-refractivity contribution in [1.29, 1.82) is 0 Å². The number of nitrogens with zero attached hydrogens (tertiary/aromatic N) is 12. The number of aryl methyl sites for hydroxylation is 6. The summed E-state index contributed by atoms with van der Waals surface area (Å²) >= 11 is 2.19. The Kier molecular flexibility index (Phi) is 29.1. The van der Waals surface area contributed by atoms with E-state index in [1.165, 1.54) is 119 Å². The number of nitrogens with one attached hydrogen (secondary N) is 4. The number of sulfonamides is 4. The van der Waals surface area contributed by atoms with Crippen molar-refractivity contribution in [3.8, 4) is 0 Å². The highest BCUT2D eigenvalue weighted by Gasteiger charge is 2.56. The van der Waals surface area contributed by atoms with Crippen LogP contribution in [0, 0.1) is 17.4 Å². The molecule has 4 fully saturated rings. The van der Waals surface area contributed by atoms with Crippen molar-refractivity contribution in [2.75, 3.05) is 52.4 Å². The van der Waals surface area contributed by atoms with E-state index in [1.807, 2.05) is 147 Å². The summed E-state index contributed by atoms with van der Waals surface area (Å²) in [4.78, 5) is 68.7. The first kappa shape index (κ1) is 100. The van der Waals surface area contributed by atoms with Crippen LogP contribution in [-0.4, -0.2) is 189 Å². The first-order valence-corrected chi connectivity index (χ1v) is 51.8. The van der Waals surface area contributed by atoms with Gasteiger partial charge in [0.15, 0.2) is 20.1 Å². The summed E-state index contributed by atoms with van der Waals surface area (Å²) in [7, 11) is -7.73. The molecule has 4 spiro atoms. The van der Waals surface area contributed by atoms with E-state index >= 15 is 0 Å². The lowest BCUT2D eigenvalue weighted by Gasteiger charge is -2.43. The van der Waals surface area contributed by atoms with Gasteiger partial charge in [0.1, 0.15) is 0 Å². The van der Waals surface area contributed by atoms with Crippen LogP contribution in [0.25, 0.3) is 0 Å². The second kappa shape index (κ2) is 39.9. The molecule has 4 aromatic heterocycles. The lowest BCUT2D eigenvalue weighted by Crippen LogP contribution is -2.54. The predicted molar refractivity (Wildman–Crippen MR) is 524 cm³/mol. The minimum absolute atomic E-state index is 0. The van der Waals surface area contributed by atoms with Crippen molar-refractivity contribution >= 4 is 86.3 Å². The van der Waals surface area contributed by atoms with E-state index in [2.05, 4.69) is 100 Å². The van der Waals surface area contributed by atoms with E-state index in [4.69, 9.17) is 0 Å². The summed E-state index contributed by atoms with van der Waals surface area (Å²) in [6.45, 7) is 6.74. The van der Waals surface area contributed by atoms with Crippen LogP contribution < -0.4 is 21.3 Å². The van der Waals surface area contributed by atoms with Crippen LogP contribution in [0.4, 0.5) is 13.2 Å². The first-order chi connectivity index (χ1) is 64.4. The third-order valence-electron chi connectivity index (χ3n) is 28.6. The number of halogens is 4. The molecule has 8 aromatic carbocycles. The molecule has 722 valence electrons. The number of carbonyl (C=O) groups excluding carboxylic acids is 4. The second-order valence-corrected chi connectivity index (χ2v) is 45.3. The van der Waals surface area contributed by atoms with Gasteiger partial charge in [0.25, 0.3) is 63.7 Å². The Morgan fingerprint density at radius 1 is 0.343 bits per heavy atom. The molecule has 4 atom stereocenters. The minimum Gasteiger partial charge on any atom is -0.348 e. The highest BCUT2D eigenvalue weighted by molar-refractivity contribution is 14.1. The van der Waals surface area contributed by atoms with Gasteiger partial charge < -0.3 is 39.5 Å². The molecular formula is C101H114F3IN16O12S4. The summed E-state index contributed by atoms with van der Waals surface area (Å²) in [5, 5.41) is 13.0. The summed E-state index contributed by atoms with van der Waals surface area (Å²) < 4.78 is 159. The lowest BCUT2D eigenvalue weighted by atomic mass is 9.71. The maximum Gasteiger partial charge on any atom is 0.417 e. The molecule has 4 saturated heterocycles. The van der Waals surface area contributed by atoms with Crippen molar-refractivity contribution < 1.29 is 66.0 Å². The Morgan fingerprint density at radius 3 is 0.920 bits per heavy atom. The molecule has 36 heteroatoms. The highest BCUT2D eigenvalue weighted by Crippen LogP contribution is 2.52. The van der Waals surface area contributed by atoms with Crippen molar-refractivity contribution in [2.24, 2.45) is 28.2 Å². The summed E-state index contributed by atoms with van der Waals surface area (Å²) in [6, 6.07) is 59.4. The number of hydrogen-bond acceptors (Lipinski definition) is 16. The fourth-order valence-corrected chi connectivity index (χ4v) is 27.8. The Balaban J connectivity index is 0.000000138. The molecule has 0 bridgehead atoms. The zero-order chi connectivity index (χ0) is 95.4. The highest BCUT2D eigenvalue weighted by atomic mass is 127. The van der Waals surface area contributed by atoms with Crippen LogP contribution in [0.2, 0.25) is 0 Å². The molecule has 28 nitrogen and oxygen atoms in total. The van der Waals surface area contributed by atoms with E-state index in [1.54, 1.807) is 46.5 Å². The van der Waals surface area contributed by atoms with E-state index in [9.17, 15) is 66.0 Å². The maximum absolute atomic E-state index is 13.5. The van der Waals surface area contributed by atoms with Crippen molar-refractivity contribution in [3.05, 3.63) is 331 Å². The molecule has 4 N–H and O–H groups in total. The van der Waals surface area contributed by atoms with Gasteiger partial charge in [-0.25, -0.2) is 53.6 Å². The van der Waals surface area contributed by atoms with Gasteiger partial charge in [0.05, 0.1) is 42.0 Å². The minimum atomic E-state index is -4.66. The molecule has 4 unspecified atom stereocenters. The number of piperidine rings is 4. The molecule has 4 aliphatic heterocycles. The van der Waals surface area contributed by atoms with Gasteiger partial charge in [-0.1, -0.05) is 172 Å². The van der Waals surface area contributed by atoms with Crippen molar-refractivity contribution in [2.45, 2.75) is 178 Å². The SMILES string of the molecule is C.C.Cc1ccc(C(=O)NC2Cc3ccccc3C23CCN(S(=O)(=O)c2cn(C)cn2)CC3)cc1.Cc1cccc(C(=O)NC2Cc3ccccc3C23CCN(S(=O)(=O)c2cn(C)cn2)CC3)c1.Cn1cnc(S(=O)(=O)N2CCC3(CC2)c2ccccc2CC3NC(=O)c2ccccc2C(F)(F)F)c1.Cn1cnc(S(=O)(=O)N2CCC3(CC2)c2ccccc2CC3NC(=O)c2ccccc2I)c1. The molecule has 137 heavy (non-hydrogen) atoms. The number of imidazole rings is 4. The quantitative estimate of drug-likeness (QED) is 0.0653. The lowest BCUT2D eigenvalue weighted by molar-refractivity contribution is -0.138. The van der Waals surface area contributed by atoms with Crippen LogP contribution in [-0.2, 0) is 122 Å². The van der Waals surface area contributed by atoms with Crippen LogP contribution in [0.3, 0.4) is 0 Å². The zero-order valence-electron chi connectivity index (χ0n) is 75.5. The van der Waals surface area contributed by atoms with Gasteiger partial charge in [-0.2, -0.15) is 30.4 Å². The van der Waals surface area contributed by atoms with E-state index in [0.29, 0.717) is 114 Å². The first-order valence-electron chi connectivity index (χ1n) is 45.0. The molecule has 0 saturated carbocycles. The van der Waals surface area contributed by atoms with E-state index in [-0.39, 0.29) is 100 Å². The van der Waals surface area contributed by atoms with Gasteiger partial charge in [-0.3, -0.25) is 19.2 Å². The number of hydrogen-bond donors (Lipinski definition) is 4. The van der Waals surface area contributed by atoms with Gasteiger partial charge >= 0.3 is 6.18 Å². The standard InChI is InChI=1S/C25H25F3N4O3S.2C25H28N4O3S.C24H25IN4O3S.2CH4/c1-31-15-22(29-16-31)36(34,35)32-12-10-24(11-13-32)19-8-4-2-6-17(19)14-21(24)30-23(33)18-7-3-5-9-20(18)25(26,27)28;1-18-6-5-8-20(14-18)24(30)27-22-15-19-7-3-4-9-21(19)25(22)10-12-29(13-11-25)33(31,32)23-16-28(2)17-26-23;1-18-7-9-19(10-8-18)24(30)27-22-15-20-5-3-4-6-21(20)25(22)11-13-29(14-12-25)33(31,32)23-16-28(2)17-26-23;1-28-15-22(26-16-28)33(31,32)29-12-10-24(11-13-29)19-8-4-2-6-17(19)14-21(24)27-23(30)18-7-3-5-9-20(18)25;;/h2-9,15-16,21H,10-14H2,1H3,(H,30,33);3-9,14,16-17,22H,10-13,15H2,1-2H3,(H,27,30);3-10,16-17,22H,11-15H2,1-2H3,(H,27,30);2-9,15-16,21H,10-14H2,1H3,(H,27,30);2*1H4. The summed E-state index contributed by atoms with van der Waals surface area (Å²) in [5.41, 5.74) is 10.6. The number of carbonyl (C=O) groups is 4. The molecule has 20 rings (SSSR count). The summed E-state index contributed by atoms with van der Waals surface area (Å²) in [5.74, 6) is -1.04. The van der Waals surface area contributed by atoms with Gasteiger partial charge in [0, 0.05) is 166 Å². The summed E-state index contributed by atoms with van der Waals surface area (Å²) in [6.07, 6.45) is 14.8. The van der Waals surface area contributed by atoms with Gasteiger partial charge in [0.2, 0.25) is 0 Å². The fourth-order valence-electron chi connectivity index (χ4n) is 21.5. The number of fused-ring (bicyclic) bond motifs is 8. The number of alkyl halides is 3. The molecule has 4 amide bonds. The average Bonchev–Trinajstić information content (AvgIpc) is 1.60. The number of rotatable bonds is 16. The van der Waals surface area contributed by atoms with Crippen LogP contribution in [0.5, 0.6) is 0 Å². The Bertz CT molecular complexity index is 6980. The second-order valence-electron chi connectivity index (χ2n) is 36.6. The maximum atomic E-state index is 13.5. The Labute approximate surface area is 812 Å². The third kappa shape index (κ3) is 19.7. The van der Waals surface area contributed by atoms with E-state index in [0.717, 1.165) is 51.2 Å². The topological polar surface area (TPSA) is 337 Å². The zero-order valence-corrected chi connectivity index (χ0v) is 80.9. The molecule has 4 aliphatic carbocycles. The van der Waals surface area contributed by atoms with Crippen LogP contribution >= 0.6 is 22.6 Å². The monoisotopic (exact) mass is 2050 g/mol. The number of benzene rings is 8. The van der Waals surface area contributed by atoms with Crippen LogP contribution in [0.1, 0.15) is 169 Å². The number of amides is 4. The number of aromatic nitrogens is 8. The van der Waals surface area contributed by atoms with Crippen LogP contribution in [0.15, 0.2) is 264 Å². The van der Waals surface area contributed by atoms with Crippen molar-refractivity contribution in [1.82, 2.24) is 76.7 Å². The normalized spacial score (nSPS) is 19.7. The molecule has 8 aliphatic rings. The molecule has 8 heterocycles. The average molecular weight is 2060 g/mol. The molecule has 12 aromatic rings. The largest absolute Gasteiger partial charge is 0.417 e. The van der Waals surface area contributed by atoms with Gasteiger partial charge in [-0.15, -0.1) is 0 Å². The molecular weight excluding hydrogens is 1940 g/mol. The predicted octanol–water partition coefficient (Wildman–Crippen LogP) is 13.5. The van der Waals surface area contributed by atoms with E-state index < -0.39 is 74.8 Å². The smallest absolute Gasteiger partial charge is 0.348 e. The van der Waals surface area contributed by atoms with Crippen molar-refractivity contribution in [3.63, 3.8) is 0 Å². The Hall–Kier alpha value is -11.4. The van der Waals surface area contributed by atoms with Gasteiger partial charge in [-0.05, 0) is 207 Å². The Morgan fingerprint density at radius 2 is 0.620 bits per heavy atom.